The van der Waals surface area contributed by atoms with E-state index in [0.29, 0.717) is 19.1 Å². The number of rotatable bonds is 4. The first kappa shape index (κ1) is 11.8. The van der Waals surface area contributed by atoms with Crippen molar-refractivity contribution in [2.45, 2.75) is 6.42 Å². The fourth-order valence-corrected chi connectivity index (χ4v) is 2.02. The fourth-order valence-electron chi connectivity index (χ4n) is 2.02. The summed E-state index contributed by atoms with van der Waals surface area (Å²) in [4.78, 5) is 13.7. The van der Waals surface area contributed by atoms with E-state index in [9.17, 15) is 4.79 Å². The van der Waals surface area contributed by atoms with Gasteiger partial charge >= 0.3 is 5.97 Å². The van der Waals surface area contributed by atoms with Crippen LogP contribution in [0.25, 0.3) is 0 Å². The van der Waals surface area contributed by atoms with Gasteiger partial charge in [-0.15, -0.1) is 0 Å². The highest BCUT2D eigenvalue weighted by Crippen LogP contribution is 2.12. The Bertz CT molecular complexity index is 223. The lowest BCUT2D eigenvalue weighted by atomic mass is 10.1. The zero-order valence-corrected chi connectivity index (χ0v) is 9.61. The van der Waals surface area contributed by atoms with Gasteiger partial charge in [0.15, 0.2) is 0 Å². The molecule has 2 aliphatic heterocycles. The van der Waals surface area contributed by atoms with Crippen LogP contribution in [-0.2, 0) is 14.3 Å². The molecule has 2 fully saturated rings. The van der Waals surface area contributed by atoms with Gasteiger partial charge in [-0.05, 0) is 6.42 Å². The van der Waals surface area contributed by atoms with Gasteiger partial charge < -0.3 is 14.8 Å². The van der Waals surface area contributed by atoms with Gasteiger partial charge in [-0.3, -0.25) is 9.69 Å². The quantitative estimate of drug-likeness (QED) is 0.656. The first-order valence-corrected chi connectivity index (χ1v) is 6.01. The SMILES string of the molecule is O=C(CN1CCNCC1)OCC1CCOC1. The molecular weight excluding hydrogens is 208 g/mol. The Morgan fingerprint density at radius 3 is 2.94 bits per heavy atom. The monoisotopic (exact) mass is 228 g/mol. The van der Waals surface area contributed by atoms with E-state index >= 15 is 0 Å². The van der Waals surface area contributed by atoms with E-state index in [1.807, 2.05) is 0 Å². The standard InChI is InChI=1S/C11H20N2O3/c14-11(7-13-4-2-12-3-5-13)16-9-10-1-6-15-8-10/h10,12H,1-9H2. The van der Waals surface area contributed by atoms with Crippen LogP contribution < -0.4 is 5.32 Å². The average molecular weight is 228 g/mol. The predicted molar refractivity (Wildman–Crippen MR) is 59.2 cm³/mol. The molecule has 1 N–H and O–H groups in total. The molecule has 0 aromatic rings. The second kappa shape index (κ2) is 6.18. The maximum Gasteiger partial charge on any atom is 0.320 e. The van der Waals surface area contributed by atoms with Crippen molar-refractivity contribution in [1.82, 2.24) is 10.2 Å². The lowest BCUT2D eigenvalue weighted by Gasteiger charge is -2.26. The molecule has 0 saturated carbocycles. The number of nitrogens with one attached hydrogen (secondary N) is 1. The van der Waals surface area contributed by atoms with Crippen LogP contribution in [0.1, 0.15) is 6.42 Å². The molecule has 0 spiro atoms. The molecule has 0 aromatic heterocycles. The number of ether oxygens (including phenoxy) is 2. The molecule has 0 amide bonds. The summed E-state index contributed by atoms with van der Waals surface area (Å²) in [5, 5.41) is 3.25. The van der Waals surface area contributed by atoms with Crippen molar-refractivity contribution in [1.29, 1.82) is 0 Å². The lowest BCUT2D eigenvalue weighted by molar-refractivity contribution is -0.146. The van der Waals surface area contributed by atoms with Crippen LogP contribution in [0.5, 0.6) is 0 Å². The molecule has 2 saturated heterocycles. The van der Waals surface area contributed by atoms with Gasteiger partial charge in [-0.2, -0.15) is 0 Å². The van der Waals surface area contributed by atoms with E-state index in [1.54, 1.807) is 0 Å². The van der Waals surface area contributed by atoms with Gasteiger partial charge in [0.1, 0.15) is 0 Å². The molecule has 0 aliphatic carbocycles. The molecule has 2 heterocycles. The molecule has 2 aliphatic rings. The smallest absolute Gasteiger partial charge is 0.320 e. The third-order valence-corrected chi connectivity index (χ3v) is 3.07. The van der Waals surface area contributed by atoms with Crippen LogP contribution in [0.4, 0.5) is 0 Å². The Labute approximate surface area is 96.1 Å². The van der Waals surface area contributed by atoms with Gasteiger partial charge in [-0.25, -0.2) is 0 Å². The Balaban J connectivity index is 1.59. The van der Waals surface area contributed by atoms with Crippen molar-refractivity contribution in [2.75, 3.05) is 52.5 Å². The summed E-state index contributed by atoms with van der Waals surface area (Å²) in [5.41, 5.74) is 0. The minimum absolute atomic E-state index is 0.103. The third kappa shape index (κ3) is 3.73. The second-order valence-electron chi connectivity index (χ2n) is 4.44. The highest BCUT2D eigenvalue weighted by atomic mass is 16.5. The summed E-state index contributed by atoms with van der Waals surface area (Å²) in [6.45, 7) is 6.28. The Morgan fingerprint density at radius 2 is 2.25 bits per heavy atom. The Morgan fingerprint density at radius 1 is 1.44 bits per heavy atom. The van der Waals surface area contributed by atoms with E-state index in [-0.39, 0.29) is 5.97 Å². The lowest BCUT2D eigenvalue weighted by Crippen LogP contribution is -2.45. The number of nitrogens with zero attached hydrogens (tertiary/aromatic N) is 1. The molecule has 1 unspecified atom stereocenters. The zero-order valence-electron chi connectivity index (χ0n) is 9.61. The summed E-state index contributed by atoms with van der Waals surface area (Å²) in [6.07, 6.45) is 1.01. The summed E-state index contributed by atoms with van der Waals surface area (Å²) >= 11 is 0. The summed E-state index contributed by atoms with van der Waals surface area (Å²) in [7, 11) is 0. The number of hydrogen-bond donors (Lipinski definition) is 1. The minimum atomic E-state index is -0.103. The first-order chi connectivity index (χ1) is 7.84. The zero-order chi connectivity index (χ0) is 11.2. The maximum absolute atomic E-state index is 11.5. The van der Waals surface area contributed by atoms with Crippen molar-refractivity contribution in [3.8, 4) is 0 Å². The molecule has 0 aromatic carbocycles. The summed E-state index contributed by atoms with van der Waals surface area (Å²) in [5.74, 6) is 0.306. The topological polar surface area (TPSA) is 50.8 Å². The molecule has 5 heteroatoms. The normalized spacial score (nSPS) is 26.9. The number of esters is 1. The molecule has 0 bridgehead atoms. The molecule has 16 heavy (non-hydrogen) atoms. The number of piperazine rings is 1. The van der Waals surface area contributed by atoms with E-state index in [4.69, 9.17) is 9.47 Å². The minimum Gasteiger partial charge on any atom is -0.464 e. The predicted octanol–water partition coefficient (Wildman–Crippen LogP) is -0.529. The highest BCUT2D eigenvalue weighted by Gasteiger charge is 2.19. The van der Waals surface area contributed by atoms with E-state index in [0.717, 1.165) is 45.8 Å². The average Bonchev–Trinajstić information content (AvgIpc) is 2.81. The highest BCUT2D eigenvalue weighted by molar-refractivity contribution is 5.71. The van der Waals surface area contributed by atoms with Crippen molar-refractivity contribution >= 4 is 5.97 Å². The van der Waals surface area contributed by atoms with Crippen LogP contribution >= 0.6 is 0 Å². The van der Waals surface area contributed by atoms with Crippen LogP contribution in [0.3, 0.4) is 0 Å². The molecule has 5 nitrogen and oxygen atoms in total. The van der Waals surface area contributed by atoms with E-state index < -0.39 is 0 Å². The van der Waals surface area contributed by atoms with Crippen LogP contribution in [-0.4, -0.2) is 63.4 Å². The Hall–Kier alpha value is -0.650. The first-order valence-electron chi connectivity index (χ1n) is 6.01. The molecule has 0 radical (unpaired) electrons. The fraction of sp³-hybridized carbons (Fsp3) is 0.909. The maximum atomic E-state index is 11.5. The molecule has 2 rings (SSSR count). The van der Waals surface area contributed by atoms with Crippen LogP contribution in [0.15, 0.2) is 0 Å². The summed E-state index contributed by atoms with van der Waals surface area (Å²) in [6, 6.07) is 0. The van der Waals surface area contributed by atoms with Crippen molar-refractivity contribution in [3.63, 3.8) is 0 Å². The third-order valence-electron chi connectivity index (χ3n) is 3.07. The van der Waals surface area contributed by atoms with Gasteiger partial charge in [0, 0.05) is 38.7 Å². The van der Waals surface area contributed by atoms with E-state index in [2.05, 4.69) is 10.2 Å². The van der Waals surface area contributed by atoms with Gasteiger partial charge in [0.05, 0.1) is 19.8 Å². The Kier molecular flexibility index (Phi) is 4.56. The van der Waals surface area contributed by atoms with Gasteiger partial charge in [0.2, 0.25) is 0 Å². The molecule has 92 valence electrons. The van der Waals surface area contributed by atoms with Gasteiger partial charge in [0.25, 0.3) is 0 Å². The van der Waals surface area contributed by atoms with Crippen molar-refractivity contribution < 1.29 is 14.3 Å². The van der Waals surface area contributed by atoms with Crippen molar-refractivity contribution in [3.05, 3.63) is 0 Å². The van der Waals surface area contributed by atoms with Crippen LogP contribution in [0.2, 0.25) is 0 Å². The largest absolute Gasteiger partial charge is 0.464 e. The van der Waals surface area contributed by atoms with Gasteiger partial charge in [-0.1, -0.05) is 0 Å². The molecular formula is C11H20N2O3. The number of hydrogen-bond acceptors (Lipinski definition) is 5. The summed E-state index contributed by atoms with van der Waals surface area (Å²) < 4.78 is 10.5. The second-order valence-corrected chi connectivity index (χ2v) is 4.44. The van der Waals surface area contributed by atoms with Crippen molar-refractivity contribution in [2.24, 2.45) is 5.92 Å². The number of carbonyl (C=O) groups excluding carboxylic acids is 1. The number of carbonyl (C=O) groups is 1. The van der Waals surface area contributed by atoms with Crippen LogP contribution in [0, 0.1) is 5.92 Å². The van der Waals surface area contributed by atoms with E-state index in [1.165, 1.54) is 0 Å². The molecule has 1 atom stereocenters.